The summed E-state index contributed by atoms with van der Waals surface area (Å²) >= 11 is 0. The maximum Gasteiger partial charge on any atom is 0.104 e. The molecule has 0 aliphatic rings. The first-order chi connectivity index (χ1) is 9.02. The van der Waals surface area contributed by atoms with Gasteiger partial charge >= 0.3 is 0 Å². The van der Waals surface area contributed by atoms with Crippen molar-refractivity contribution in [3.8, 4) is 6.07 Å². The lowest BCUT2D eigenvalue weighted by molar-refractivity contribution is 0.138. The molecule has 2 atom stereocenters. The average Bonchev–Trinajstić information content (AvgIpc) is 2.31. The molecule has 0 aliphatic heterocycles. The van der Waals surface area contributed by atoms with Crippen LogP contribution in [0.3, 0.4) is 0 Å². The smallest absolute Gasteiger partial charge is 0.104 e. The monoisotopic (exact) mass is 281 g/mol. The molecule has 0 aromatic carbocycles. The highest BCUT2D eigenvalue weighted by Gasteiger charge is 2.25. The van der Waals surface area contributed by atoms with E-state index in [2.05, 4.69) is 64.9 Å². The minimum Gasteiger partial charge on any atom is -0.303 e. The topological polar surface area (TPSA) is 39.1 Å². The third-order valence-corrected chi connectivity index (χ3v) is 4.21. The molecule has 3 heteroatoms. The van der Waals surface area contributed by atoms with Crippen LogP contribution in [0, 0.1) is 16.7 Å². The van der Waals surface area contributed by atoms with Crippen molar-refractivity contribution in [2.24, 2.45) is 5.41 Å². The van der Waals surface area contributed by atoms with Gasteiger partial charge in [0, 0.05) is 12.1 Å². The van der Waals surface area contributed by atoms with Crippen LogP contribution in [-0.4, -0.2) is 36.1 Å². The Balaban J connectivity index is 4.11. The van der Waals surface area contributed by atoms with Crippen LogP contribution in [0.1, 0.15) is 67.7 Å². The molecule has 118 valence electrons. The molecule has 1 N–H and O–H groups in total. The number of hydrogen-bond donors (Lipinski definition) is 1. The van der Waals surface area contributed by atoms with Crippen LogP contribution >= 0.6 is 0 Å². The van der Waals surface area contributed by atoms with E-state index < -0.39 is 0 Å². The van der Waals surface area contributed by atoms with Crippen molar-refractivity contribution in [1.29, 1.82) is 5.26 Å². The zero-order valence-corrected chi connectivity index (χ0v) is 14.9. The van der Waals surface area contributed by atoms with Crippen molar-refractivity contribution in [3.05, 3.63) is 0 Å². The van der Waals surface area contributed by atoms with Gasteiger partial charge < -0.3 is 4.90 Å². The van der Waals surface area contributed by atoms with E-state index in [1.165, 1.54) is 0 Å². The Morgan fingerprint density at radius 1 is 1.10 bits per heavy atom. The zero-order valence-electron chi connectivity index (χ0n) is 14.9. The summed E-state index contributed by atoms with van der Waals surface area (Å²) in [6, 6.07) is 3.34. The van der Waals surface area contributed by atoms with Gasteiger partial charge in [-0.1, -0.05) is 20.8 Å². The quantitative estimate of drug-likeness (QED) is 0.688. The van der Waals surface area contributed by atoms with Crippen LogP contribution in [-0.2, 0) is 0 Å². The summed E-state index contributed by atoms with van der Waals surface area (Å²) in [6.07, 6.45) is 3.15. The first kappa shape index (κ1) is 19.4. The molecular weight excluding hydrogens is 246 g/mol. The molecule has 0 aromatic rings. The van der Waals surface area contributed by atoms with Gasteiger partial charge in [-0.2, -0.15) is 5.26 Å². The van der Waals surface area contributed by atoms with Gasteiger partial charge in [0.25, 0.3) is 0 Å². The van der Waals surface area contributed by atoms with Crippen LogP contribution in [0.2, 0.25) is 0 Å². The largest absolute Gasteiger partial charge is 0.303 e. The molecule has 0 spiro atoms. The molecule has 0 amide bonds. The van der Waals surface area contributed by atoms with Crippen molar-refractivity contribution < 1.29 is 0 Å². The predicted octanol–water partition coefficient (Wildman–Crippen LogP) is 3.80. The highest BCUT2D eigenvalue weighted by molar-refractivity contribution is 5.04. The molecule has 0 aliphatic carbocycles. The van der Waals surface area contributed by atoms with E-state index in [1.54, 1.807) is 0 Å². The van der Waals surface area contributed by atoms with Gasteiger partial charge in [-0.3, -0.25) is 5.32 Å². The number of unbranched alkanes of at least 4 members (excludes halogenated alkanes) is 1. The lowest BCUT2D eigenvalue weighted by Crippen LogP contribution is -2.45. The number of hydrogen-bond acceptors (Lipinski definition) is 3. The van der Waals surface area contributed by atoms with Crippen molar-refractivity contribution in [2.75, 3.05) is 13.6 Å². The fourth-order valence-electron chi connectivity index (χ4n) is 2.49. The summed E-state index contributed by atoms with van der Waals surface area (Å²) < 4.78 is 0. The van der Waals surface area contributed by atoms with E-state index in [0.717, 1.165) is 25.8 Å². The van der Waals surface area contributed by atoms with E-state index in [9.17, 15) is 5.26 Å². The standard InChI is InChI=1S/C17H35N3/c1-14(2)19-17(7,13-18)11-9-10-12-20(8)15(3)16(4,5)6/h14-15,19H,9-12H2,1-8H3. The van der Waals surface area contributed by atoms with E-state index in [1.807, 2.05) is 6.92 Å². The minimum absolute atomic E-state index is 0.315. The molecule has 0 aromatic heterocycles. The minimum atomic E-state index is -0.387. The zero-order chi connectivity index (χ0) is 16.0. The summed E-state index contributed by atoms with van der Waals surface area (Å²) in [4.78, 5) is 2.43. The second-order valence-corrected chi connectivity index (χ2v) is 7.72. The first-order valence-corrected chi connectivity index (χ1v) is 7.91. The fraction of sp³-hybridized carbons (Fsp3) is 0.941. The van der Waals surface area contributed by atoms with Gasteiger partial charge in [0.15, 0.2) is 0 Å². The Kier molecular flexibility index (Phi) is 7.76. The summed E-state index contributed by atoms with van der Waals surface area (Å²) in [5.74, 6) is 0. The summed E-state index contributed by atoms with van der Waals surface area (Å²) in [5.41, 5.74) is -0.0719. The lowest BCUT2D eigenvalue weighted by atomic mass is 9.87. The van der Waals surface area contributed by atoms with Gasteiger partial charge in [-0.15, -0.1) is 0 Å². The Morgan fingerprint density at radius 3 is 2.05 bits per heavy atom. The average molecular weight is 281 g/mol. The van der Waals surface area contributed by atoms with Crippen molar-refractivity contribution in [2.45, 2.75) is 85.4 Å². The van der Waals surface area contributed by atoms with Crippen LogP contribution < -0.4 is 5.32 Å². The number of nitrogens with one attached hydrogen (secondary N) is 1. The lowest BCUT2D eigenvalue weighted by Gasteiger charge is -2.35. The van der Waals surface area contributed by atoms with E-state index in [4.69, 9.17) is 0 Å². The number of rotatable bonds is 8. The normalized spacial score (nSPS) is 17.1. The first-order valence-electron chi connectivity index (χ1n) is 7.91. The van der Waals surface area contributed by atoms with Crippen molar-refractivity contribution >= 4 is 0 Å². The Morgan fingerprint density at radius 2 is 1.65 bits per heavy atom. The molecule has 3 nitrogen and oxygen atoms in total. The molecule has 0 rings (SSSR count). The molecule has 0 bridgehead atoms. The molecular formula is C17H35N3. The van der Waals surface area contributed by atoms with Gasteiger partial charge in [-0.25, -0.2) is 0 Å². The van der Waals surface area contributed by atoms with E-state index in [-0.39, 0.29) is 5.54 Å². The van der Waals surface area contributed by atoms with Gasteiger partial charge in [0.1, 0.15) is 5.54 Å². The maximum atomic E-state index is 9.31. The third kappa shape index (κ3) is 7.26. The number of nitriles is 1. The van der Waals surface area contributed by atoms with Crippen LogP contribution in [0.15, 0.2) is 0 Å². The van der Waals surface area contributed by atoms with Gasteiger partial charge in [-0.05, 0) is 66.0 Å². The highest BCUT2D eigenvalue weighted by atomic mass is 15.1. The molecule has 0 saturated heterocycles. The molecule has 2 unspecified atom stereocenters. The number of nitrogens with zero attached hydrogens (tertiary/aromatic N) is 2. The molecule has 20 heavy (non-hydrogen) atoms. The van der Waals surface area contributed by atoms with Crippen molar-refractivity contribution in [1.82, 2.24) is 10.2 Å². The predicted molar refractivity (Wildman–Crippen MR) is 87.7 cm³/mol. The second kappa shape index (κ2) is 8.00. The Hall–Kier alpha value is -0.590. The summed E-state index contributed by atoms with van der Waals surface area (Å²) in [5, 5.41) is 12.7. The summed E-state index contributed by atoms with van der Waals surface area (Å²) in [6.45, 7) is 16.4. The molecule has 0 saturated carbocycles. The van der Waals surface area contributed by atoms with E-state index >= 15 is 0 Å². The molecule has 0 radical (unpaired) electrons. The maximum absolute atomic E-state index is 9.31. The van der Waals surface area contributed by atoms with Gasteiger partial charge in [0.05, 0.1) is 6.07 Å². The van der Waals surface area contributed by atoms with E-state index in [0.29, 0.717) is 17.5 Å². The molecule has 0 fully saturated rings. The SMILES string of the molecule is CC(C)NC(C)(C#N)CCCCN(C)C(C)C(C)(C)C. The Labute approximate surface area is 126 Å². The second-order valence-electron chi connectivity index (χ2n) is 7.72. The summed E-state index contributed by atoms with van der Waals surface area (Å²) in [7, 11) is 2.20. The highest BCUT2D eigenvalue weighted by Crippen LogP contribution is 2.23. The molecule has 0 heterocycles. The van der Waals surface area contributed by atoms with Gasteiger partial charge in [0.2, 0.25) is 0 Å². The van der Waals surface area contributed by atoms with Crippen LogP contribution in [0.5, 0.6) is 0 Å². The fourth-order valence-corrected chi connectivity index (χ4v) is 2.49. The van der Waals surface area contributed by atoms with Crippen LogP contribution in [0.25, 0.3) is 0 Å². The van der Waals surface area contributed by atoms with Crippen molar-refractivity contribution in [3.63, 3.8) is 0 Å². The Bertz CT molecular complexity index is 311. The third-order valence-electron chi connectivity index (χ3n) is 4.21. The van der Waals surface area contributed by atoms with Crippen LogP contribution in [0.4, 0.5) is 0 Å².